The Kier molecular flexibility index (Phi) is 3.56. The van der Waals surface area contributed by atoms with Crippen molar-refractivity contribution in [2.24, 2.45) is 7.05 Å². The predicted molar refractivity (Wildman–Crippen MR) is 63.5 cm³/mol. The summed E-state index contributed by atoms with van der Waals surface area (Å²) < 4.78 is 11.6. The van der Waals surface area contributed by atoms with E-state index in [-0.39, 0.29) is 12.0 Å². The highest BCUT2D eigenvalue weighted by Gasteiger charge is 2.06. The van der Waals surface area contributed by atoms with Gasteiger partial charge in [0.1, 0.15) is 0 Å². The van der Waals surface area contributed by atoms with Gasteiger partial charge < -0.3 is 14.8 Å². The lowest BCUT2D eigenvalue weighted by Gasteiger charge is -2.06. The Balaban J connectivity index is 2.08. The standard InChI is InChI=1S/C10H14N6O2/c1-16-6-7(5-12-16)4-11-8-13-9(17-2)15-10(14-8)18-3/h5-6H,4H2,1-3H3,(H,11,13,14,15). The van der Waals surface area contributed by atoms with E-state index in [2.05, 4.69) is 25.4 Å². The molecule has 0 aliphatic carbocycles. The maximum Gasteiger partial charge on any atom is 0.324 e. The molecule has 96 valence electrons. The Morgan fingerprint density at radius 2 is 1.83 bits per heavy atom. The molecule has 18 heavy (non-hydrogen) atoms. The van der Waals surface area contributed by atoms with Crippen LogP contribution in [0.5, 0.6) is 12.0 Å². The molecule has 8 nitrogen and oxygen atoms in total. The maximum atomic E-state index is 4.95. The largest absolute Gasteiger partial charge is 0.467 e. The first-order valence-corrected chi connectivity index (χ1v) is 5.26. The molecule has 8 heteroatoms. The van der Waals surface area contributed by atoms with Crippen LogP contribution >= 0.6 is 0 Å². The highest BCUT2D eigenvalue weighted by atomic mass is 16.5. The number of rotatable bonds is 5. The van der Waals surface area contributed by atoms with Gasteiger partial charge in [-0.1, -0.05) is 0 Å². The van der Waals surface area contributed by atoms with Gasteiger partial charge in [-0.3, -0.25) is 4.68 Å². The van der Waals surface area contributed by atoms with Crippen molar-refractivity contribution in [2.45, 2.75) is 6.54 Å². The van der Waals surface area contributed by atoms with Crippen molar-refractivity contribution in [1.82, 2.24) is 24.7 Å². The second-order valence-corrected chi connectivity index (χ2v) is 3.51. The molecule has 0 amide bonds. The molecule has 0 aliphatic rings. The first kappa shape index (κ1) is 12.1. The monoisotopic (exact) mass is 250 g/mol. The molecule has 2 aromatic heterocycles. The minimum absolute atomic E-state index is 0.204. The van der Waals surface area contributed by atoms with E-state index in [1.54, 1.807) is 10.9 Å². The van der Waals surface area contributed by atoms with Crippen LogP contribution in [0.15, 0.2) is 12.4 Å². The van der Waals surface area contributed by atoms with Crippen molar-refractivity contribution in [3.05, 3.63) is 18.0 Å². The molecule has 0 atom stereocenters. The van der Waals surface area contributed by atoms with Gasteiger partial charge in [0.05, 0.1) is 20.4 Å². The summed E-state index contributed by atoms with van der Waals surface area (Å²) in [6.45, 7) is 0.560. The van der Waals surface area contributed by atoms with Crippen LogP contribution in [0.1, 0.15) is 5.56 Å². The molecular weight excluding hydrogens is 236 g/mol. The van der Waals surface area contributed by atoms with E-state index < -0.39 is 0 Å². The van der Waals surface area contributed by atoms with E-state index in [1.165, 1.54) is 14.2 Å². The van der Waals surface area contributed by atoms with Crippen LogP contribution in [0.4, 0.5) is 5.95 Å². The molecule has 0 saturated heterocycles. The Bertz CT molecular complexity index is 505. The van der Waals surface area contributed by atoms with Crippen molar-refractivity contribution in [2.75, 3.05) is 19.5 Å². The number of ether oxygens (including phenoxy) is 2. The molecule has 0 aromatic carbocycles. The Morgan fingerprint density at radius 3 is 2.33 bits per heavy atom. The Labute approximate surface area is 104 Å². The van der Waals surface area contributed by atoms with Crippen LogP contribution in [0.2, 0.25) is 0 Å². The second kappa shape index (κ2) is 5.30. The summed E-state index contributed by atoms with van der Waals surface area (Å²) in [6.07, 6.45) is 3.67. The minimum atomic E-state index is 0.204. The molecule has 0 unspecified atom stereocenters. The van der Waals surface area contributed by atoms with Crippen molar-refractivity contribution in [1.29, 1.82) is 0 Å². The summed E-state index contributed by atoms with van der Waals surface area (Å²) >= 11 is 0. The molecule has 2 aromatic rings. The first-order chi connectivity index (χ1) is 8.71. The van der Waals surface area contributed by atoms with E-state index in [0.717, 1.165) is 5.56 Å². The summed E-state index contributed by atoms with van der Waals surface area (Å²) in [5.41, 5.74) is 1.02. The summed E-state index contributed by atoms with van der Waals surface area (Å²) in [6, 6.07) is 0.408. The van der Waals surface area contributed by atoms with Gasteiger partial charge in [-0.25, -0.2) is 0 Å². The lowest BCUT2D eigenvalue weighted by molar-refractivity contribution is 0.341. The van der Waals surface area contributed by atoms with Crippen molar-refractivity contribution < 1.29 is 9.47 Å². The fourth-order valence-corrected chi connectivity index (χ4v) is 1.34. The number of anilines is 1. The van der Waals surface area contributed by atoms with Gasteiger partial charge in [-0.15, -0.1) is 4.98 Å². The van der Waals surface area contributed by atoms with E-state index in [0.29, 0.717) is 12.5 Å². The minimum Gasteiger partial charge on any atom is -0.467 e. The molecule has 0 fully saturated rings. The Hall–Kier alpha value is -2.38. The third kappa shape index (κ3) is 2.84. The van der Waals surface area contributed by atoms with Crippen LogP contribution in [-0.2, 0) is 13.6 Å². The van der Waals surface area contributed by atoms with Crippen LogP contribution in [0.3, 0.4) is 0 Å². The average molecular weight is 250 g/mol. The van der Waals surface area contributed by atoms with E-state index in [4.69, 9.17) is 9.47 Å². The fourth-order valence-electron chi connectivity index (χ4n) is 1.34. The molecule has 2 rings (SSSR count). The number of hydrogen-bond acceptors (Lipinski definition) is 7. The third-order valence-electron chi connectivity index (χ3n) is 2.17. The number of methoxy groups -OCH3 is 2. The normalized spacial score (nSPS) is 10.2. The average Bonchev–Trinajstić information content (AvgIpc) is 2.81. The van der Waals surface area contributed by atoms with Gasteiger partial charge >= 0.3 is 12.0 Å². The topological polar surface area (TPSA) is 87.0 Å². The third-order valence-corrected chi connectivity index (χ3v) is 2.17. The summed E-state index contributed by atoms with van der Waals surface area (Å²) in [4.78, 5) is 12.0. The SMILES string of the molecule is COc1nc(NCc2cnn(C)c2)nc(OC)n1. The van der Waals surface area contributed by atoms with E-state index in [1.807, 2.05) is 13.2 Å². The number of aryl methyl sites for hydroxylation is 1. The highest BCUT2D eigenvalue weighted by molar-refractivity contribution is 5.28. The molecule has 0 saturated carbocycles. The molecule has 0 spiro atoms. The van der Waals surface area contributed by atoms with Gasteiger partial charge in [0, 0.05) is 25.4 Å². The fraction of sp³-hybridized carbons (Fsp3) is 0.400. The van der Waals surface area contributed by atoms with Gasteiger partial charge in [0.15, 0.2) is 0 Å². The zero-order valence-electron chi connectivity index (χ0n) is 10.4. The zero-order valence-corrected chi connectivity index (χ0v) is 10.4. The van der Waals surface area contributed by atoms with Crippen molar-refractivity contribution in [3.63, 3.8) is 0 Å². The van der Waals surface area contributed by atoms with Crippen LogP contribution in [0.25, 0.3) is 0 Å². The predicted octanol–water partition coefficient (Wildman–Crippen LogP) is 0.234. The summed E-state index contributed by atoms with van der Waals surface area (Å²) in [5.74, 6) is 0.391. The second-order valence-electron chi connectivity index (χ2n) is 3.51. The molecular formula is C10H14N6O2. The molecule has 1 N–H and O–H groups in total. The number of nitrogens with one attached hydrogen (secondary N) is 1. The summed E-state index contributed by atoms with van der Waals surface area (Å²) in [5, 5.41) is 7.12. The molecule has 2 heterocycles. The van der Waals surface area contributed by atoms with Crippen molar-refractivity contribution in [3.8, 4) is 12.0 Å². The zero-order chi connectivity index (χ0) is 13.0. The smallest absolute Gasteiger partial charge is 0.324 e. The van der Waals surface area contributed by atoms with Gasteiger partial charge in [0.25, 0.3) is 0 Å². The molecule has 0 bridgehead atoms. The highest BCUT2D eigenvalue weighted by Crippen LogP contribution is 2.12. The number of hydrogen-bond donors (Lipinski definition) is 1. The molecule has 0 aliphatic heterocycles. The first-order valence-electron chi connectivity index (χ1n) is 5.26. The Morgan fingerprint density at radius 1 is 1.17 bits per heavy atom. The quantitative estimate of drug-likeness (QED) is 0.812. The lowest BCUT2D eigenvalue weighted by Crippen LogP contribution is -2.06. The van der Waals surface area contributed by atoms with E-state index >= 15 is 0 Å². The van der Waals surface area contributed by atoms with Crippen LogP contribution in [-0.4, -0.2) is 39.0 Å². The van der Waals surface area contributed by atoms with Gasteiger partial charge in [0.2, 0.25) is 5.95 Å². The summed E-state index contributed by atoms with van der Waals surface area (Å²) in [7, 11) is 4.83. The van der Waals surface area contributed by atoms with Crippen molar-refractivity contribution >= 4 is 5.95 Å². The molecule has 0 radical (unpaired) electrons. The maximum absolute atomic E-state index is 4.95. The van der Waals surface area contributed by atoms with Crippen LogP contribution < -0.4 is 14.8 Å². The van der Waals surface area contributed by atoms with E-state index in [9.17, 15) is 0 Å². The lowest BCUT2D eigenvalue weighted by atomic mass is 10.4. The van der Waals surface area contributed by atoms with Gasteiger partial charge in [-0.2, -0.15) is 15.1 Å². The van der Waals surface area contributed by atoms with Crippen LogP contribution in [0, 0.1) is 0 Å². The number of aromatic nitrogens is 5. The van der Waals surface area contributed by atoms with Gasteiger partial charge in [-0.05, 0) is 0 Å². The number of nitrogens with zero attached hydrogens (tertiary/aromatic N) is 5.